The lowest BCUT2D eigenvalue weighted by molar-refractivity contribution is 0.180. The molecule has 138 valence electrons. The minimum absolute atomic E-state index is 0.0628. The third-order valence-corrected chi connectivity index (χ3v) is 5.05. The zero-order valence-corrected chi connectivity index (χ0v) is 15.0. The number of likely N-dealkylation sites (tertiary alicyclic amines) is 1. The van der Waals surface area contributed by atoms with Crippen LogP contribution in [0.5, 0.6) is 5.75 Å². The Balaban J connectivity index is 1.31. The van der Waals surface area contributed by atoms with Crippen LogP contribution in [0.4, 0.5) is 4.79 Å². The number of amides is 2. The van der Waals surface area contributed by atoms with E-state index in [1.807, 2.05) is 29.2 Å². The van der Waals surface area contributed by atoms with Crippen LogP contribution in [0.2, 0.25) is 0 Å². The number of urea groups is 1. The highest BCUT2D eigenvalue weighted by atomic mass is 16.5. The number of carbonyl (C=O) groups is 1. The van der Waals surface area contributed by atoms with Gasteiger partial charge in [0.25, 0.3) is 0 Å². The van der Waals surface area contributed by atoms with Crippen LogP contribution in [0.3, 0.4) is 0 Å². The van der Waals surface area contributed by atoms with Crippen molar-refractivity contribution in [3.05, 3.63) is 41.5 Å². The lowest BCUT2D eigenvalue weighted by Gasteiger charge is -2.22. The van der Waals surface area contributed by atoms with Crippen molar-refractivity contribution < 1.29 is 14.1 Å². The maximum atomic E-state index is 12.6. The van der Waals surface area contributed by atoms with Gasteiger partial charge in [-0.1, -0.05) is 17.3 Å². The molecule has 2 fully saturated rings. The Morgan fingerprint density at radius 1 is 1.31 bits per heavy atom. The largest absolute Gasteiger partial charge is 0.497 e. The van der Waals surface area contributed by atoms with Crippen molar-refractivity contribution in [3.8, 4) is 5.75 Å². The Labute approximate surface area is 152 Å². The molecular weight excluding hydrogens is 332 g/mol. The third-order valence-electron chi connectivity index (χ3n) is 5.05. The van der Waals surface area contributed by atoms with E-state index < -0.39 is 0 Å². The molecule has 0 bridgehead atoms. The first kappa shape index (κ1) is 16.9. The summed E-state index contributed by atoms with van der Waals surface area (Å²) in [4.78, 5) is 18.9. The number of rotatable bonds is 6. The Morgan fingerprint density at radius 2 is 2.12 bits per heavy atom. The summed E-state index contributed by atoms with van der Waals surface area (Å²) in [5.74, 6) is 2.67. The molecule has 1 aromatic heterocycles. The molecule has 2 aliphatic rings. The van der Waals surface area contributed by atoms with Gasteiger partial charge in [0.05, 0.1) is 7.11 Å². The van der Waals surface area contributed by atoms with Gasteiger partial charge in [-0.3, -0.25) is 0 Å². The van der Waals surface area contributed by atoms with Crippen molar-refractivity contribution in [3.63, 3.8) is 0 Å². The molecule has 1 N–H and O–H groups in total. The van der Waals surface area contributed by atoms with Gasteiger partial charge in [0.15, 0.2) is 5.82 Å². The van der Waals surface area contributed by atoms with Crippen molar-refractivity contribution in [1.82, 2.24) is 20.4 Å². The Kier molecular flexibility index (Phi) is 4.77. The molecule has 2 amide bonds. The molecule has 0 spiro atoms. The molecule has 1 unspecified atom stereocenters. The van der Waals surface area contributed by atoms with Crippen LogP contribution in [0.25, 0.3) is 0 Å². The van der Waals surface area contributed by atoms with Crippen LogP contribution in [0.1, 0.15) is 54.9 Å². The van der Waals surface area contributed by atoms with E-state index >= 15 is 0 Å². The van der Waals surface area contributed by atoms with Gasteiger partial charge in [0, 0.05) is 19.0 Å². The van der Waals surface area contributed by atoms with E-state index in [9.17, 15) is 4.79 Å². The SMILES string of the molecule is COc1ccc(CCNC(=O)N2CCCC2c2nc(C3CC3)no2)cc1. The smallest absolute Gasteiger partial charge is 0.318 e. The topological polar surface area (TPSA) is 80.5 Å². The molecule has 7 heteroatoms. The molecule has 7 nitrogen and oxygen atoms in total. The van der Waals surface area contributed by atoms with E-state index in [2.05, 4.69) is 15.5 Å². The number of hydrogen-bond acceptors (Lipinski definition) is 5. The summed E-state index contributed by atoms with van der Waals surface area (Å²) >= 11 is 0. The second-order valence-corrected chi connectivity index (χ2v) is 6.95. The maximum Gasteiger partial charge on any atom is 0.318 e. The zero-order chi connectivity index (χ0) is 17.9. The monoisotopic (exact) mass is 356 g/mol. The summed E-state index contributed by atoms with van der Waals surface area (Å²) in [6, 6.07) is 7.73. The highest BCUT2D eigenvalue weighted by molar-refractivity contribution is 5.74. The fourth-order valence-electron chi connectivity index (χ4n) is 3.36. The number of nitrogens with one attached hydrogen (secondary N) is 1. The lowest BCUT2D eigenvalue weighted by Crippen LogP contribution is -2.40. The van der Waals surface area contributed by atoms with Gasteiger partial charge in [0.1, 0.15) is 11.8 Å². The van der Waals surface area contributed by atoms with Gasteiger partial charge < -0.3 is 19.5 Å². The van der Waals surface area contributed by atoms with E-state index in [-0.39, 0.29) is 12.1 Å². The molecule has 2 aromatic rings. The van der Waals surface area contributed by atoms with Crippen molar-refractivity contribution >= 4 is 6.03 Å². The summed E-state index contributed by atoms with van der Waals surface area (Å²) in [7, 11) is 1.65. The van der Waals surface area contributed by atoms with Gasteiger partial charge in [-0.2, -0.15) is 4.98 Å². The summed E-state index contributed by atoms with van der Waals surface area (Å²) in [6.07, 6.45) is 4.88. The molecule has 1 saturated carbocycles. The predicted octanol–water partition coefficient (Wildman–Crippen LogP) is 3.04. The predicted molar refractivity (Wildman–Crippen MR) is 95.1 cm³/mol. The molecule has 26 heavy (non-hydrogen) atoms. The lowest BCUT2D eigenvalue weighted by atomic mass is 10.1. The number of aromatic nitrogens is 2. The summed E-state index contributed by atoms with van der Waals surface area (Å²) in [6.45, 7) is 1.31. The fraction of sp³-hybridized carbons (Fsp3) is 0.526. The number of ether oxygens (including phenoxy) is 1. The number of carbonyl (C=O) groups excluding carboxylic acids is 1. The van der Waals surface area contributed by atoms with E-state index in [0.717, 1.165) is 55.8 Å². The van der Waals surface area contributed by atoms with Gasteiger partial charge >= 0.3 is 6.03 Å². The number of nitrogens with zero attached hydrogens (tertiary/aromatic N) is 3. The second kappa shape index (κ2) is 7.35. The van der Waals surface area contributed by atoms with Crippen molar-refractivity contribution in [1.29, 1.82) is 0 Å². The summed E-state index contributed by atoms with van der Waals surface area (Å²) in [5.41, 5.74) is 1.16. The number of hydrogen-bond donors (Lipinski definition) is 1. The van der Waals surface area contributed by atoms with Crippen LogP contribution in [-0.2, 0) is 6.42 Å². The molecule has 1 aromatic carbocycles. The minimum atomic E-state index is -0.101. The standard InChI is InChI=1S/C19H24N4O3/c1-25-15-8-4-13(5-9-15)10-11-20-19(24)23-12-2-3-16(23)18-21-17(22-26-18)14-6-7-14/h4-5,8-9,14,16H,2-3,6-7,10-12H2,1H3,(H,20,24). The molecule has 1 aliphatic heterocycles. The van der Waals surface area contributed by atoms with E-state index in [4.69, 9.17) is 9.26 Å². The van der Waals surface area contributed by atoms with Gasteiger partial charge in [0.2, 0.25) is 5.89 Å². The highest BCUT2D eigenvalue weighted by Crippen LogP contribution is 2.39. The zero-order valence-electron chi connectivity index (χ0n) is 15.0. The molecule has 4 rings (SSSR count). The normalized spacial score (nSPS) is 19.6. The van der Waals surface area contributed by atoms with Crippen LogP contribution in [0, 0.1) is 0 Å². The first-order chi connectivity index (χ1) is 12.7. The first-order valence-corrected chi connectivity index (χ1v) is 9.25. The highest BCUT2D eigenvalue weighted by Gasteiger charge is 2.36. The van der Waals surface area contributed by atoms with Gasteiger partial charge in [-0.05, 0) is 49.8 Å². The molecular formula is C19H24N4O3. The average molecular weight is 356 g/mol. The third kappa shape index (κ3) is 3.66. The molecule has 1 aliphatic carbocycles. The van der Waals surface area contributed by atoms with Crippen LogP contribution >= 0.6 is 0 Å². The quantitative estimate of drug-likeness (QED) is 0.860. The van der Waals surface area contributed by atoms with Crippen molar-refractivity contribution in [2.45, 2.75) is 44.1 Å². The van der Waals surface area contributed by atoms with E-state index in [1.54, 1.807) is 7.11 Å². The molecule has 2 heterocycles. The van der Waals surface area contributed by atoms with Crippen LogP contribution < -0.4 is 10.1 Å². The van der Waals surface area contributed by atoms with E-state index in [0.29, 0.717) is 18.4 Å². The Morgan fingerprint density at radius 3 is 2.85 bits per heavy atom. The molecule has 0 radical (unpaired) electrons. The fourth-order valence-corrected chi connectivity index (χ4v) is 3.36. The average Bonchev–Trinajstić information content (AvgIpc) is 3.20. The maximum absolute atomic E-state index is 12.6. The first-order valence-electron chi connectivity index (χ1n) is 9.25. The molecule has 1 atom stereocenters. The van der Waals surface area contributed by atoms with Crippen LogP contribution in [-0.4, -0.2) is 41.3 Å². The molecule has 1 saturated heterocycles. The Hall–Kier alpha value is -2.57. The minimum Gasteiger partial charge on any atom is -0.497 e. The number of methoxy groups -OCH3 is 1. The number of benzene rings is 1. The van der Waals surface area contributed by atoms with E-state index in [1.165, 1.54) is 0 Å². The van der Waals surface area contributed by atoms with Gasteiger partial charge in [-0.25, -0.2) is 4.79 Å². The summed E-state index contributed by atoms with van der Waals surface area (Å²) < 4.78 is 10.6. The van der Waals surface area contributed by atoms with Crippen LogP contribution in [0.15, 0.2) is 28.8 Å². The van der Waals surface area contributed by atoms with Crippen molar-refractivity contribution in [2.24, 2.45) is 0 Å². The Bertz CT molecular complexity index is 754. The summed E-state index contributed by atoms with van der Waals surface area (Å²) in [5, 5.41) is 7.09. The second-order valence-electron chi connectivity index (χ2n) is 6.95. The van der Waals surface area contributed by atoms with Gasteiger partial charge in [-0.15, -0.1) is 0 Å². The van der Waals surface area contributed by atoms with Crippen molar-refractivity contribution in [2.75, 3.05) is 20.2 Å².